The molecule has 17 rings (SSSR count). The molecule has 0 radical (unpaired) electrons. The van der Waals surface area contributed by atoms with Crippen LogP contribution in [-0.4, -0.2) is 29.9 Å². The molecule has 4 aliphatic heterocycles. The number of aryl methyl sites for hydroxylation is 7. The van der Waals surface area contributed by atoms with Gasteiger partial charge in [0, 0.05) is 74.3 Å². The van der Waals surface area contributed by atoms with Crippen molar-refractivity contribution in [1.82, 2.24) is 29.9 Å². The van der Waals surface area contributed by atoms with Crippen LogP contribution in [0.15, 0.2) is 212 Å². The van der Waals surface area contributed by atoms with Gasteiger partial charge >= 0.3 is 0 Å². The third-order valence-corrected chi connectivity index (χ3v) is 21.3. The molecular weight excluding hydrogens is 1240 g/mol. The molecule has 99 heavy (non-hydrogen) atoms. The van der Waals surface area contributed by atoms with Gasteiger partial charge in [0.1, 0.15) is 0 Å². The van der Waals surface area contributed by atoms with Gasteiger partial charge < -0.3 is 9.97 Å². The van der Waals surface area contributed by atoms with Crippen molar-refractivity contribution in [2.75, 3.05) is 0 Å². The second-order valence-electron chi connectivity index (χ2n) is 26.3. The number of benzene rings is 7. The van der Waals surface area contributed by atoms with E-state index in [1.165, 1.54) is 27.8 Å². The predicted molar refractivity (Wildman–Crippen MR) is 422 cm³/mol. The first-order valence-electron chi connectivity index (χ1n) is 33.6. The fraction of sp³-hybridized carbons (Fsp3) is 0.0769. The first-order chi connectivity index (χ1) is 48.4. The van der Waals surface area contributed by atoms with Crippen molar-refractivity contribution in [2.45, 2.75) is 48.5 Å². The average molecular weight is 1310 g/mol. The zero-order valence-corrected chi connectivity index (χ0v) is 57.6. The minimum atomic E-state index is 0.775. The van der Waals surface area contributed by atoms with E-state index in [9.17, 15) is 0 Å². The highest BCUT2D eigenvalue weighted by molar-refractivity contribution is 7.24. The number of nitrogens with one attached hydrogen (secondary N) is 2. The summed E-state index contributed by atoms with van der Waals surface area (Å²) in [5.41, 5.74) is 34.7. The van der Waals surface area contributed by atoms with Gasteiger partial charge in [0.15, 0.2) is 0 Å². The topological polar surface area (TPSA) is 83.1 Å². The quantitative estimate of drug-likeness (QED) is 0.156. The Bertz CT molecular complexity index is 5990. The third-order valence-electron chi connectivity index (χ3n) is 19.1. The molecule has 10 heterocycles. The highest BCUT2D eigenvalue weighted by Crippen LogP contribution is 2.44. The van der Waals surface area contributed by atoms with Gasteiger partial charge in [0.2, 0.25) is 0 Å². The SMILES string of the molecule is Cc1ccc(-c2c3nc(c(-c4ccc(C)cc4)c4cc(C#Cc5c6nc(c(-c7ccc(C)cc7)c7ccc(s7)c(-c7ccc(C)cc7)c7nc(c(-c8ccc(C)cc8)c8ccc5s8)C=C7)C=C6)c([nH]4)c(-c4ccc(C)cc4)c4nc(c(-c5ccc(C)cc5)c5ccc2[nH]5)C=C4)C=C3)cc1. The molecule has 0 spiro atoms. The molecule has 16 bridgehead atoms. The lowest BCUT2D eigenvalue weighted by molar-refractivity contribution is 1.31. The molecule has 0 saturated carbocycles. The van der Waals surface area contributed by atoms with Crippen LogP contribution in [0, 0.1) is 60.3 Å². The van der Waals surface area contributed by atoms with Crippen molar-refractivity contribution < 1.29 is 0 Å². The van der Waals surface area contributed by atoms with Gasteiger partial charge in [-0.15, -0.1) is 22.7 Å². The van der Waals surface area contributed by atoms with E-state index < -0.39 is 0 Å². The second-order valence-corrected chi connectivity index (χ2v) is 28.4. The van der Waals surface area contributed by atoms with Crippen molar-refractivity contribution >= 4 is 112 Å². The maximum absolute atomic E-state index is 5.74. The zero-order chi connectivity index (χ0) is 67.0. The number of aromatic nitrogens is 6. The molecule has 0 atom stereocenters. The van der Waals surface area contributed by atoms with Crippen molar-refractivity contribution in [2.24, 2.45) is 0 Å². The number of aromatic amines is 2. The predicted octanol–water partition coefficient (Wildman–Crippen LogP) is 24.3. The minimum absolute atomic E-state index is 0.775. The number of H-pyrrole nitrogens is 2. The van der Waals surface area contributed by atoms with Gasteiger partial charge in [-0.2, -0.15) is 0 Å². The maximum Gasteiger partial charge on any atom is 0.0808 e. The molecule has 6 aromatic heterocycles. The Morgan fingerprint density at radius 2 is 0.505 bits per heavy atom. The molecule has 0 unspecified atom stereocenters. The number of thiophene rings is 2. The lowest BCUT2D eigenvalue weighted by atomic mass is 10.0. The molecule has 13 aromatic rings. The van der Waals surface area contributed by atoms with E-state index in [4.69, 9.17) is 19.9 Å². The average Bonchev–Trinajstić information content (AvgIpc) is 1.59. The molecule has 0 saturated heterocycles. The Kier molecular flexibility index (Phi) is 15.3. The van der Waals surface area contributed by atoms with E-state index in [0.29, 0.717) is 0 Å². The Morgan fingerprint density at radius 3 is 0.859 bits per heavy atom. The Labute approximate surface area is 584 Å². The van der Waals surface area contributed by atoms with E-state index in [-0.39, 0.29) is 0 Å². The van der Waals surface area contributed by atoms with Gasteiger partial charge in [0.05, 0.1) is 62.2 Å². The zero-order valence-electron chi connectivity index (χ0n) is 55.9. The molecule has 2 N–H and O–H groups in total. The molecule has 472 valence electrons. The van der Waals surface area contributed by atoms with Crippen LogP contribution in [0.5, 0.6) is 0 Å². The molecule has 4 aliphatic rings. The van der Waals surface area contributed by atoms with E-state index in [2.05, 4.69) is 331 Å². The molecule has 6 nitrogen and oxygen atoms in total. The minimum Gasteiger partial charge on any atom is -0.354 e. The lowest BCUT2D eigenvalue weighted by Crippen LogP contribution is -1.90. The maximum atomic E-state index is 5.74. The van der Waals surface area contributed by atoms with Crippen molar-refractivity contribution in [3.63, 3.8) is 0 Å². The van der Waals surface area contributed by atoms with Gasteiger partial charge in [0.25, 0.3) is 0 Å². The molecule has 7 aromatic carbocycles. The van der Waals surface area contributed by atoms with Crippen LogP contribution in [0.3, 0.4) is 0 Å². The lowest BCUT2D eigenvalue weighted by Gasteiger charge is -2.08. The summed E-state index contributed by atoms with van der Waals surface area (Å²) in [7, 11) is 0. The van der Waals surface area contributed by atoms with E-state index >= 15 is 0 Å². The van der Waals surface area contributed by atoms with E-state index in [1.807, 2.05) is 0 Å². The fourth-order valence-corrected chi connectivity index (χ4v) is 16.0. The van der Waals surface area contributed by atoms with Gasteiger partial charge in [-0.3, -0.25) is 0 Å². The van der Waals surface area contributed by atoms with Gasteiger partial charge in [-0.1, -0.05) is 221 Å². The number of fused-ring (bicyclic) bond motifs is 16. The summed E-state index contributed by atoms with van der Waals surface area (Å²) >= 11 is 3.49. The first-order valence-corrected chi connectivity index (χ1v) is 35.2. The smallest absolute Gasteiger partial charge is 0.0808 e. The molecule has 0 fully saturated rings. The van der Waals surface area contributed by atoms with Crippen molar-refractivity contribution in [3.05, 3.63) is 308 Å². The fourth-order valence-electron chi connectivity index (χ4n) is 13.8. The van der Waals surface area contributed by atoms with Crippen LogP contribution in [0.25, 0.3) is 167 Å². The number of rotatable bonds is 7. The van der Waals surface area contributed by atoms with E-state index in [1.54, 1.807) is 22.7 Å². The summed E-state index contributed by atoms with van der Waals surface area (Å²) in [6.07, 6.45) is 17.4. The van der Waals surface area contributed by atoms with Crippen LogP contribution in [0.1, 0.15) is 95.6 Å². The number of hydrogen-bond donors (Lipinski definition) is 2. The van der Waals surface area contributed by atoms with Gasteiger partial charge in [-0.05, 0) is 178 Å². The van der Waals surface area contributed by atoms with E-state index in [0.717, 1.165) is 187 Å². The van der Waals surface area contributed by atoms with Gasteiger partial charge in [-0.25, -0.2) is 19.9 Å². The van der Waals surface area contributed by atoms with Crippen LogP contribution in [-0.2, 0) is 0 Å². The summed E-state index contributed by atoms with van der Waals surface area (Å²) in [6, 6.07) is 77.2. The Morgan fingerprint density at radius 1 is 0.242 bits per heavy atom. The van der Waals surface area contributed by atoms with Crippen molar-refractivity contribution in [3.8, 4) is 89.7 Å². The number of nitrogens with zero attached hydrogens (tertiary/aromatic N) is 4. The van der Waals surface area contributed by atoms with Crippen LogP contribution in [0.2, 0.25) is 0 Å². The molecular formula is C91H66N6S2. The normalized spacial score (nSPS) is 12.2. The number of hydrogen-bond acceptors (Lipinski definition) is 6. The molecule has 8 heteroatoms. The van der Waals surface area contributed by atoms with Crippen LogP contribution < -0.4 is 0 Å². The highest BCUT2D eigenvalue weighted by Gasteiger charge is 2.23. The second kappa shape index (κ2) is 25.0. The monoisotopic (exact) mass is 1310 g/mol. The standard InChI is InChI=1S/C91H66N6S2/c1-53-8-22-60(23-9-53)84-70-40-41-71(93-70)85(61-24-10-54(2)11-25-61)73-44-47-78(95-73)90(66-34-20-59(7)21-35-66)91-67(52-79(97-91)86(74-43-42-72(84)94-74)62-26-12-55(3)13-27-62)36-37-68-69-38-39-75(92-69)87(63-28-14-56(4)15-29-63)82-50-51-83(99-82)89(65-32-18-58(6)19-33-65)77-46-45-76(96-77)88(81-49-48-80(68)98-81)64-30-16-57(5)17-31-64/h8-35,38-52,93,97H,1-7H3. The molecule has 0 aliphatic carbocycles. The third kappa shape index (κ3) is 11.5. The Hall–Kier alpha value is -11.9. The highest BCUT2D eigenvalue weighted by atomic mass is 32.1. The summed E-state index contributed by atoms with van der Waals surface area (Å²) in [4.78, 5) is 30.9. The summed E-state index contributed by atoms with van der Waals surface area (Å²) in [6.45, 7) is 14.9. The Balaban J connectivity index is 1.01. The first kappa shape index (κ1) is 60.8. The summed E-state index contributed by atoms with van der Waals surface area (Å²) in [5, 5.41) is 0. The molecule has 0 amide bonds. The summed E-state index contributed by atoms with van der Waals surface area (Å²) in [5.74, 6) is 7.86. The largest absolute Gasteiger partial charge is 0.354 e. The van der Waals surface area contributed by atoms with Crippen molar-refractivity contribution in [1.29, 1.82) is 0 Å². The van der Waals surface area contributed by atoms with Crippen LogP contribution in [0.4, 0.5) is 0 Å². The summed E-state index contributed by atoms with van der Waals surface area (Å²) < 4.78 is 4.28. The van der Waals surface area contributed by atoms with Crippen LogP contribution >= 0.6 is 22.7 Å².